The van der Waals surface area contributed by atoms with E-state index >= 15 is 0 Å². The molecule has 1 N–H and O–H groups in total. The van der Waals surface area contributed by atoms with E-state index in [1.807, 2.05) is 25.1 Å². The Morgan fingerprint density at radius 3 is 2.65 bits per heavy atom. The van der Waals surface area contributed by atoms with Crippen LogP contribution in [0.4, 0.5) is 0 Å². The highest BCUT2D eigenvalue weighted by molar-refractivity contribution is 6.34. The summed E-state index contributed by atoms with van der Waals surface area (Å²) in [7, 11) is 0. The highest BCUT2D eigenvalue weighted by Crippen LogP contribution is 2.30. The average molecular weight is 348 g/mol. The number of halogens is 2. The molecule has 0 spiro atoms. The van der Waals surface area contributed by atoms with Crippen molar-refractivity contribution in [2.24, 2.45) is 0 Å². The summed E-state index contributed by atoms with van der Waals surface area (Å²) in [4.78, 5) is 11.5. The van der Waals surface area contributed by atoms with Gasteiger partial charge in [-0.3, -0.25) is 0 Å². The number of carboxylic acid groups (broad SMARTS) is 1. The first-order valence-corrected chi connectivity index (χ1v) is 7.44. The molecule has 0 radical (unpaired) electrons. The zero-order chi connectivity index (χ0) is 16.6. The van der Waals surface area contributed by atoms with Crippen molar-refractivity contribution in [3.63, 3.8) is 0 Å². The number of aromatic carboxylic acids is 1. The van der Waals surface area contributed by atoms with Crippen LogP contribution in [0.1, 0.15) is 16.1 Å². The Bertz CT molecular complexity index is 906. The lowest BCUT2D eigenvalue weighted by Crippen LogP contribution is -2.04. The van der Waals surface area contributed by atoms with E-state index in [2.05, 4.69) is 10.3 Å². The Morgan fingerprint density at radius 1 is 1.17 bits per heavy atom. The lowest BCUT2D eigenvalue weighted by molar-refractivity contribution is 0.0691. The highest BCUT2D eigenvalue weighted by Gasteiger charge is 2.22. The minimum absolute atomic E-state index is 0.147. The maximum Gasteiger partial charge on any atom is 0.358 e. The van der Waals surface area contributed by atoms with E-state index in [4.69, 9.17) is 23.2 Å². The van der Waals surface area contributed by atoms with Gasteiger partial charge in [0, 0.05) is 10.6 Å². The summed E-state index contributed by atoms with van der Waals surface area (Å²) >= 11 is 12.2. The molecule has 1 heterocycles. The fraction of sp³-hybridized carbons (Fsp3) is 0.0625. The lowest BCUT2D eigenvalue weighted by atomic mass is 10.1. The topological polar surface area (TPSA) is 68.0 Å². The van der Waals surface area contributed by atoms with Gasteiger partial charge in [-0.05, 0) is 31.2 Å². The second-order valence-electron chi connectivity index (χ2n) is 4.97. The molecule has 0 atom stereocenters. The lowest BCUT2D eigenvalue weighted by Gasteiger charge is -2.10. The van der Waals surface area contributed by atoms with E-state index in [-0.39, 0.29) is 5.69 Å². The fourth-order valence-corrected chi connectivity index (χ4v) is 2.66. The van der Waals surface area contributed by atoms with Gasteiger partial charge in [0.2, 0.25) is 0 Å². The van der Waals surface area contributed by atoms with E-state index in [0.717, 1.165) is 5.56 Å². The normalized spacial score (nSPS) is 10.7. The second kappa shape index (κ2) is 6.02. The molecule has 0 amide bonds. The minimum atomic E-state index is -1.16. The second-order valence-corrected chi connectivity index (χ2v) is 5.81. The summed E-state index contributed by atoms with van der Waals surface area (Å²) in [6, 6.07) is 12.3. The fourth-order valence-electron chi connectivity index (χ4n) is 2.29. The summed E-state index contributed by atoms with van der Waals surface area (Å²) in [6.07, 6.45) is 0. The van der Waals surface area contributed by atoms with Crippen LogP contribution in [0.15, 0.2) is 42.5 Å². The molecule has 23 heavy (non-hydrogen) atoms. The Balaban J connectivity index is 2.31. The van der Waals surface area contributed by atoms with E-state index < -0.39 is 5.97 Å². The van der Waals surface area contributed by atoms with Crippen LogP contribution in [0.25, 0.3) is 16.9 Å². The molecule has 0 aliphatic carbocycles. The number of hydrogen-bond donors (Lipinski definition) is 1. The van der Waals surface area contributed by atoms with Crippen LogP contribution >= 0.6 is 23.2 Å². The Hall–Kier alpha value is -2.37. The standard InChI is InChI=1S/C16H11Cl2N3O2/c1-9-3-2-4-10(7-9)15-14(16(22)23)19-20-21(15)13-8-11(17)5-6-12(13)18/h2-8H,1H3,(H,22,23). The van der Waals surface area contributed by atoms with Crippen molar-refractivity contribution < 1.29 is 9.90 Å². The van der Waals surface area contributed by atoms with Gasteiger partial charge in [0.05, 0.1) is 10.7 Å². The van der Waals surface area contributed by atoms with Gasteiger partial charge < -0.3 is 5.11 Å². The van der Waals surface area contributed by atoms with Gasteiger partial charge in [-0.1, -0.05) is 52.2 Å². The van der Waals surface area contributed by atoms with E-state index in [9.17, 15) is 9.90 Å². The number of nitrogens with zero attached hydrogens (tertiary/aromatic N) is 3. The van der Waals surface area contributed by atoms with Crippen molar-refractivity contribution in [1.29, 1.82) is 0 Å². The van der Waals surface area contributed by atoms with E-state index in [1.165, 1.54) is 4.68 Å². The quantitative estimate of drug-likeness (QED) is 0.768. The van der Waals surface area contributed by atoms with Crippen LogP contribution in [0.3, 0.4) is 0 Å². The van der Waals surface area contributed by atoms with Gasteiger partial charge in [-0.2, -0.15) is 0 Å². The summed E-state index contributed by atoms with van der Waals surface area (Å²) in [5.74, 6) is -1.16. The molecular formula is C16H11Cl2N3O2. The van der Waals surface area contributed by atoms with Crippen molar-refractivity contribution >= 4 is 29.2 Å². The molecule has 0 aliphatic heterocycles. The molecule has 3 rings (SSSR count). The molecule has 7 heteroatoms. The number of benzene rings is 2. The van der Waals surface area contributed by atoms with Crippen molar-refractivity contribution in [2.45, 2.75) is 6.92 Å². The van der Waals surface area contributed by atoms with Crippen molar-refractivity contribution in [3.8, 4) is 16.9 Å². The summed E-state index contributed by atoms with van der Waals surface area (Å²) in [5.41, 5.74) is 2.35. The molecule has 2 aromatic carbocycles. The molecule has 0 fully saturated rings. The minimum Gasteiger partial charge on any atom is -0.476 e. The van der Waals surface area contributed by atoms with Crippen molar-refractivity contribution in [2.75, 3.05) is 0 Å². The zero-order valence-corrected chi connectivity index (χ0v) is 13.5. The molecule has 5 nitrogen and oxygen atoms in total. The van der Waals surface area contributed by atoms with Crippen LogP contribution in [-0.2, 0) is 0 Å². The largest absolute Gasteiger partial charge is 0.476 e. The predicted molar refractivity (Wildman–Crippen MR) is 88.5 cm³/mol. The van der Waals surface area contributed by atoms with Gasteiger partial charge in [-0.25, -0.2) is 9.48 Å². The van der Waals surface area contributed by atoms with Gasteiger partial charge >= 0.3 is 5.97 Å². The van der Waals surface area contributed by atoms with Crippen molar-refractivity contribution in [3.05, 3.63) is 63.8 Å². The van der Waals surface area contributed by atoms with Crippen LogP contribution < -0.4 is 0 Å². The molecule has 0 bridgehead atoms. The predicted octanol–water partition coefficient (Wildman–Crippen LogP) is 4.25. The zero-order valence-electron chi connectivity index (χ0n) is 12.0. The molecule has 1 aromatic heterocycles. The van der Waals surface area contributed by atoms with Crippen LogP contribution in [-0.4, -0.2) is 26.1 Å². The van der Waals surface area contributed by atoms with Crippen LogP contribution in [0.5, 0.6) is 0 Å². The third kappa shape index (κ3) is 2.93. The third-order valence-electron chi connectivity index (χ3n) is 3.30. The van der Waals surface area contributed by atoms with Crippen LogP contribution in [0.2, 0.25) is 10.0 Å². The van der Waals surface area contributed by atoms with Gasteiger partial charge in [-0.15, -0.1) is 5.10 Å². The first kappa shape index (κ1) is 15.5. The first-order valence-electron chi connectivity index (χ1n) is 6.69. The number of carboxylic acids is 1. The van der Waals surface area contributed by atoms with Gasteiger partial charge in [0.25, 0.3) is 0 Å². The first-order chi connectivity index (χ1) is 11.0. The van der Waals surface area contributed by atoms with Crippen LogP contribution in [0, 0.1) is 6.92 Å². The third-order valence-corrected chi connectivity index (χ3v) is 3.86. The number of aromatic nitrogens is 3. The van der Waals surface area contributed by atoms with Gasteiger partial charge in [0.1, 0.15) is 5.69 Å². The molecule has 0 saturated carbocycles. The molecule has 0 saturated heterocycles. The summed E-state index contributed by atoms with van der Waals surface area (Å²) in [6.45, 7) is 1.92. The number of aryl methyl sites for hydroxylation is 1. The Kier molecular flexibility index (Phi) is 4.07. The molecule has 3 aromatic rings. The number of carbonyl (C=O) groups is 1. The average Bonchev–Trinajstić information content (AvgIpc) is 2.94. The smallest absolute Gasteiger partial charge is 0.358 e. The highest BCUT2D eigenvalue weighted by atomic mass is 35.5. The number of hydrogen-bond acceptors (Lipinski definition) is 3. The maximum atomic E-state index is 11.5. The van der Waals surface area contributed by atoms with E-state index in [1.54, 1.807) is 24.3 Å². The monoisotopic (exact) mass is 347 g/mol. The summed E-state index contributed by atoms with van der Waals surface area (Å²) in [5, 5.41) is 18.0. The summed E-state index contributed by atoms with van der Waals surface area (Å²) < 4.78 is 1.40. The SMILES string of the molecule is Cc1cccc(-c2c(C(=O)O)nnn2-c2cc(Cl)ccc2Cl)c1. The van der Waals surface area contributed by atoms with Crippen molar-refractivity contribution in [1.82, 2.24) is 15.0 Å². The molecule has 116 valence electrons. The Labute approximate surface area is 142 Å². The molecule has 0 aliphatic rings. The Morgan fingerprint density at radius 2 is 1.96 bits per heavy atom. The van der Waals surface area contributed by atoms with Gasteiger partial charge in [0.15, 0.2) is 5.69 Å². The maximum absolute atomic E-state index is 11.5. The van der Waals surface area contributed by atoms with E-state index in [0.29, 0.717) is 27.0 Å². The molecule has 0 unspecified atom stereocenters. The number of rotatable bonds is 3. The molecular weight excluding hydrogens is 337 g/mol.